The smallest absolute Gasteiger partial charge is 0.135 e. The Labute approximate surface area is 186 Å². The van der Waals surface area contributed by atoms with Gasteiger partial charge < -0.3 is 4.74 Å². The third-order valence-electron chi connectivity index (χ3n) is 5.79. The molecule has 4 aromatic carbocycles. The molecule has 0 fully saturated rings. The minimum Gasteiger partial charge on any atom is -0.457 e. The van der Waals surface area contributed by atoms with Crippen molar-refractivity contribution in [2.75, 3.05) is 0 Å². The number of rotatable bonds is 5. The maximum Gasteiger partial charge on any atom is 0.135 e. The first-order valence-corrected chi connectivity index (χ1v) is 11.0. The number of hydrogen-bond donors (Lipinski definition) is 0. The van der Waals surface area contributed by atoms with Crippen LogP contribution in [-0.4, -0.2) is 0 Å². The van der Waals surface area contributed by atoms with E-state index in [0.29, 0.717) is 5.92 Å². The van der Waals surface area contributed by atoms with E-state index in [1.165, 1.54) is 38.9 Å². The summed E-state index contributed by atoms with van der Waals surface area (Å²) in [7, 11) is 0. The first-order chi connectivity index (χ1) is 14.9. The Bertz CT molecular complexity index is 1180. The lowest BCUT2D eigenvalue weighted by atomic mass is 9.88. The highest BCUT2D eigenvalue weighted by Gasteiger charge is 2.16. The van der Waals surface area contributed by atoms with Crippen molar-refractivity contribution < 1.29 is 4.74 Å². The van der Waals surface area contributed by atoms with Gasteiger partial charge in [0.05, 0.1) is 0 Å². The number of aryl methyl sites for hydroxylation is 3. The number of hydrogen-bond acceptors (Lipinski definition) is 1. The van der Waals surface area contributed by atoms with E-state index in [4.69, 9.17) is 4.74 Å². The van der Waals surface area contributed by atoms with E-state index >= 15 is 0 Å². The molecular formula is C30H30O. The summed E-state index contributed by atoms with van der Waals surface area (Å²) in [5.41, 5.74) is 10.1. The van der Waals surface area contributed by atoms with Crippen LogP contribution in [0.3, 0.4) is 0 Å². The van der Waals surface area contributed by atoms with E-state index in [0.717, 1.165) is 17.1 Å². The van der Waals surface area contributed by atoms with Gasteiger partial charge in [-0.15, -0.1) is 0 Å². The fourth-order valence-electron chi connectivity index (χ4n) is 4.47. The predicted octanol–water partition coefficient (Wildman–Crippen LogP) is 8.86. The summed E-state index contributed by atoms with van der Waals surface area (Å²) in [6.07, 6.45) is 0. The molecule has 0 aliphatic heterocycles. The minimum absolute atomic E-state index is 0.461. The molecule has 0 radical (unpaired) electrons. The Hall–Kier alpha value is -3.32. The fraction of sp³-hybridized carbons (Fsp3) is 0.200. The van der Waals surface area contributed by atoms with Crippen molar-refractivity contribution in [3.05, 3.63) is 107 Å². The average molecular weight is 407 g/mol. The van der Waals surface area contributed by atoms with Gasteiger partial charge in [-0.1, -0.05) is 80.1 Å². The van der Waals surface area contributed by atoms with Crippen molar-refractivity contribution >= 4 is 0 Å². The quantitative estimate of drug-likeness (QED) is 0.321. The highest BCUT2D eigenvalue weighted by atomic mass is 16.5. The summed E-state index contributed by atoms with van der Waals surface area (Å²) >= 11 is 0. The molecule has 1 heteroatoms. The summed E-state index contributed by atoms with van der Waals surface area (Å²) in [5.74, 6) is 2.19. The lowest BCUT2D eigenvalue weighted by Crippen LogP contribution is -1.96. The summed E-state index contributed by atoms with van der Waals surface area (Å²) in [6, 6.07) is 29.8. The monoisotopic (exact) mass is 406 g/mol. The SMILES string of the molecule is Cc1cc(C)c(-c2cc(-c3ccccc3C(C)C)ccc2Oc2ccccc2)c(C)c1. The second-order valence-corrected chi connectivity index (χ2v) is 8.64. The minimum atomic E-state index is 0.461. The van der Waals surface area contributed by atoms with Gasteiger partial charge in [0.1, 0.15) is 11.5 Å². The molecule has 0 unspecified atom stereocenters. The second kappa shape index (κ2) is 8.81. The van der Waals surface area contributed by atoms with E-state index in [2.05, 4.69) is 89.2 Å². The molecule has 156 valence electrons. The zero-order valence-corrected chi connectivity index (χ0v) is 19.1. The average Bonchev–Trinajstić information content (AvgIpc) is 2.75. The van der Waals surface area contributed by atoms with Crippen LogP contribution in [0, 0.1) is 20.8 Å². The Balaban J connectivity index is 1.93. The first-order valence-electron chi connectivity index (χ1n) is 11.0. The van der Waals surface area contributed by atoms with Crippen molar-refractivity contribution in [1.29, 1.82) is 0 Å². The first kappa shape index (κ1) is 20.9. The van der Waals surface area contributed by atoms with Crippen LogP contribution < -0.4 is 4.74 Å². The van der Waals surface area contributed by atoms with Crippen molar-refractivity contribution in [2.24, 2.45) is 0 Å². The summed E-state index contributed by atoms with van der Waals surface area (Å²) in [4.78, 5) is 0. The summed E-state index contributed by atoms with van der Waals surface area (Å²) < 4.78 is 6.37. The number of para-hydroxylation sites is 1. The summed E-state index contributed by atoms with van der Waals surface area (Å²) in [6.45, 7) is 11.0. The van der Waals surface area contributed by atoms with E-state index < -0.39 is 0 Å². The number of benzene rings is 4. The van der Waals surface area contributed by atoms with Crippen molar-refractivity contribution in [3.63, 3.8) is 0 Å². The lowest BCUT2D eigenvalue weighted by molar-refractivity contribution is 0.484. The fourth-order valence-corrected chi connectivity index (χ4v) is 4.47. The molecule has 4 rings (SSSR count). The standard InChI is InChI=1S/C30H30O/c1-20(2)26-13-9-10-14-27(26)24-15-16-29(31-25-11-7-6-8-12-25)28(19-24)30-22(4)17-21(3)18-23(30)5/h6-20H,1-5H3. The highest BCUT2D eigenvalue weighted by Crippen LogP contribution is 2.41. The molecular weight excluding hydrogens is 376 g/mol. The molecule has 1 nitrogen and oxygen atoms in total. The zero-order valence-electron chi connectivity index (χ0n) is 19.1. The number of ether oxygens (including phenoxy) is 1. The van der Waals surface area contributed by atoms with E-state index in [1.54, 1.807) is 0 Å². The second-order valence-electron chi connectivity index (χ2n) is 8.64. The van der Waals surface area contributed by atoms with Gasteiger partial charge >= 0.3 is 0 Å². The summed E-state index contributed by atoms with van der Waals surface area (Å²) in [5, 5.41) is 0. The van der Waals surface area contributed by atoms with Gasteiger partial charge in [-0.2, -0.15) is 0 Å². The molecule has 0 saturated heterocycles. The molecule has 0 bridgehead atoms. The van der Waals surface area contributed by atoms with Crippen LogP contribution in [0.1, 0.15) is 42.0 Å². The van der Waals surface area contributed by atoms with E-state index in [9.17, 15) is 0 Å². The Kier molecular flexibility index (Phi) is 5.95. The highest BCUT2D eigenvalue weighted by molar-refractivity contribution is 5.82. The topological polar surface area (TPSA) is 9.23 Å². The molecule has 31 heavy (non-hydrogen) atoms. The van der Waals surface area contributed by atoms with Crippen LogP contribution >= 0.6 is 0 Å². The molecule has 0 aromatic heterocycles. The molecule has 4 aromatic rings. The third kappa shape index (κ3) is 4.41. The van der Waals surface area contributed by atoms with E-state index in [-0.39, 0.29) is 0 Å². The van der Waals surface area contributed by atoms with Gasteiger partial charge in [0.25, 0.3) is 0 Å². The van der Waals surface area contributed by atoms with Gasteiger partial charge in [-0.3, -0.25) is 0 Å². The molecule has 0 saturated carbocycles. The van der Waals surface area contributed by atoms with Crippen molar-refractivity contribution in [2.45, 2.75) is 40.5 Å². The molecule has 0 atom stereocenters. The van der Waals surface area contributed by atoms with Crippen molar-refractivity contribution in [3.8, 4) is 33.8 Å². The van der Waals surface area contributed by atoms with Crippen LogP contribution in [0.2, 0.25) is 0 Å². The van der Waals surface area contributed by atoms with Crippen molar-refractivity contribution in [1.82, 2.24) is 0 Å². The molecule has 0 aliphatic rings. The van der Waals surface area contributed by atoms with Crippen LogP contribution in [0.5, 0.6) is 11.5 Å². The molecule has 0 heterocycles. The van der Waals surface area contributed by atoms with Crippen LogP contribution in [0.25, 0.3) is 22.3 Å². The predicted molar refractivity (Wildman–Crippen MR) is 132 cm³/mol. The van der Waals surface area contributed by atoms with Gasteiger partial charge in [0.2, 0.25) is 0 Å². The Morgan fingerprint density at radius 2 is 1.29 bits per heavy atom. The Morgan fingerprint density at radius 3 is 1.97 bits per heavy atom. The van der Waals surface area contributed by atoms with Gasteiger partial charge in [-0.25, -0.2) is 0 Å². The molecule has 0 aliphatic carbocycles. The zero-order chi connectivity index (χ0) is 22.0. The van der Waals surface area contributed by atoms with Crippen LogP contribution in [-0.2, 0) is 0 Å². The van der Waals surface area contributed by atoms with Crippen LogP contribution in [0.4, 0.5) is 0 Å². The van der Waals surface area contributed by atoms with Crippen LogP contribution in [0.15, 0.2) is 84.9 Å². The van der Waals surface area contributed by atoms with E-state index in [1.807, 2.05) is 30.3 Å². The van der Waals surface area contributed by atoms with Gasteiger partial charge in [0, 0.05) is 5.56 Å². The normalized spacial score (nSPS) is 11.0. The maximum absolute atomic E-state index is 6.37. The lowest BCUT2D eigenvalue weighted by Gasteiger charge is -2.19. The molecule has 0 N–H and O–H groups in total. The van der Waals surface area contributed by atoms with Gasteiger partial charge in [-0.05, 0) is 84.3 Å². The maximum atomic E-state index is 6.37. The Morgan fingerprint density at radius 1 is 0.645 bits per heavy atom. The third-order valence-corrected chi connectivity index (χ3v) is 5.79. The molecule has 0 amide bonds. The van der Waals surface area contributed by atoms with Gasteiger partial charge in [0.15, 0.2) is 0 Å². The molecule has 0 spiro atoms. The largest absolute Gasteiger partial charge is 0.457 e.